The third kappa shape index (κ3) is 3.15. The molecule has 0 bridgehead atoms. The number of aromatic nitrogens is 1. The van der Waals surface area contributed by atoms with Crippen LogP contribution in [0.1, 0.15) is 10.4 Å². The summed E-state index contributed by atoms with van der Waals surface area (Å²) in [4.78, 5) is 25.7. The number of non-ortho nitro benzene ring substituents is 1. The van der Waals surface area contributed by atoms with E-state index in [1.165, 1.54) is 12.3 Å². The number of hydrogen-bond donors (Lipinski definition) is 1. The van der Waals surface area contributed by atoms with Gasteiger partial charge in [0.15, 0.2) is 0 Å². The molecule has 20 heavy (non-hydrogen) atoms. The van der Waals surface area contributed by atoms with Gasteiger partial charge < -0.3 is 5.32 Å². The number of nitro groups is 1. The Hall–Kier alpha value is -2.35. The van der Waals surface area contributed by atoms with Crippen molar-refractivity contribution in [2.75, 3.05) is 5.32 Å². The fourth-order valence-electron chi connectivity index (χ4n) is 1.43. The molecule has 0 saturated carbocycles. The summed E-state index contributed by atoms with van der Waals surface area (Å²) in [6, 6.07) is 5.94. The second-order valence-corrected chi connectivity index (χ2v) is 4.56. The highest BCUT2D eigenvalue weighted by Crippen LogP contribution is 2.21. The van der Waals surface area contributed by atoms with Crippen molar-refractivity contribution in [2.45, 2.75) is 0 Å². The van der Waals surface area contributed by atoms with Crippen molar-refractivity contribution in [1.82, 2.24) is 4.98 Å². The first-order chi connectivity index (χ1) is 9.47. The summed E-state index contributed by atoms with van der Waals surface area (Å²) in [6.07, 6.45) is 1.30. The Balaban J connectivity index is 2.25. The van der Waals surface area contributed by atoms with Gasteiger partial charge in [0.25, 0.3) is 11.6 Å². The molecule has 1 aromatic carbocycles. The minimum absolute atomic E-state index is 0.208. The van der Waals surface area contributed by atoms with E-state index < -0.39 is 16.6 Å². The molecular formula is C12H7BrFN3O3. The molecule has 6 nitrogen and oxygen atoms in total. The summed E-state index contributed by atoms with van der Waals surface area (Å²) in [5.74, 6) is -1.36. The van der Waals surface area contributed by atoms with Gasteiger partial charge in [-0.3, -0.25) is 14.9 Å². The molecule has 0 radical (unpaired) electrons. The van der Waals surface area contributed by atoms with Crippen LogP contribution in [0.5, 0.6) is 0 Å². The van der Waals surface area contributed by atoms with Gasteiger partial charge in [0.05, 0.1) is 16.2 Å². The van der Waals surface area contributed by atoms with Gasteiger partial charge in [-0.25, -0.2) is 9.37 Å². The summed E-state index contributed by atoms with van der Waals surface area (Å²) >= 11 is 3.12. The number of nitro benzene ring substituents is 1. The molecule has 0 fully saturated rings. The highest BCUT2D eigenvalue weighted by molar-refractivity contribution is 9.10. The monoisotopic (exact) mass is 339 g/mol. The molecule has 0 aliphatic heterocycles. The molecule has 0 spiro atoms. The van der Waals surface area contributed by atoms with Crippen molar-refractivity contribution in [2.24, 2.45) is 0 Å². The largest absolute Gasteiger partial charge is 0.319 e. The van der Waals surface area contributed by atoms with Crippen LogP contribution >= 0.6 is 15.9 Å². The Morgan fingerprint density at radius 2 is 2.10 bits per heavy atom. The third-order valence-corrected chi connectivity index (χ3v) is 2.87. The number of nitrogens with one attached hydrogen (secondary N) is 1. The van der Waals surface area contributed by atoms with Crippen molar-refractivity contribution < 1.29 is 14.1 Å². The summed E-state index contributed by atoms with van der Waals surface area (Å²) in [7, 11) is 0. The van der Waals surface area contributed by atoms with E-state index >= 15 is 0 Å². The fourth-order valence-corrected chi connectivity index (χ4v) is 1.66. The molecule has 0 saturated heterocycles. The molecule has 8 heteroatoms. The van der Waals surface area contributed by atoms with Crippen LogP contribution in [-0.4, -0.2) is 15.8 Å². The molecule has 0 aliphatic rings. The van der Waals surface area contributed by atoms with Crippen LogP contribution < -0.4 is 5.32 Å². The Kier molecular flexibility index (Phi) is 4.04. The number of anilines is 1. The molecule has 2 aromatic rings. The molecule has 1 heterocycles. The van der Waals surface area contributed by atoms with Crippen molar-refractivity contribution in [3.63, 3.8) is 0 Å². The van der Waals surface area contributed by atoms with Gasteiger partial charge in [0.1, 0.15) is 10.4 Å². The van der Waals surface area contributed by atoms with E-state index in [-0.39, 0.29) is 16.9 Å². The van der Waals surface area contributed by atoms with Crippen LogP contribution in [0.25, 0.3) is 0 Å². The lowest BCUT2D eigenvalue weighted by atomic mass is 10.2. The number of halogens is 2. The number of pyridine rings is 1. The zero-order valence-electron chi connectivity index (χ0n) is 9.84. The number of hydrogen-bond acceptors (Lipinski definition) is 4. The molecule has 1 amide bonds. The number of benzene rings is 1. The Bertz CT molecular complexity index is 676. The Morgan fingerprint density at radius 1 is 1.35 bits per heavy atom. The average Bonchev–Trinajstić information content (AvgIpc) is 2.41. The van der Waals surface area contributed by atoms with Crippen molar-refractivity contribution in [1.29, 1.82) is 0 Å². The van der Waals surface area contributed by atoms with Crippen molar-refractivity contribution in [3.05, 3.63) is 62.6 Å². The van der Waals surface area contributed by atoms with Crippen LogP contribution in [0.15, 0.2) is 41.1 Å². The number of carbonyl (C=O) groups is 1. The number of nitrogens with zero attached hydrogens (tertiary/aromatic N) is 2. The molecule has 0 unspecified atom stereocenters. The lowest BCUT2D eigenvalue weighted by molar-refractivity contribution is -0.384. The van der Waals surface area contributed by atoms with Gasteiger partial charge in [-0.2, -0.15) is 0 Å². The SMILES string of the molecule is O=C(Nc1cc([N+](=O)[O-])ccc1F)c1ccc(Br)nc1. The molecule has 1 aromatic heterocycles. The van der Waals surface area contributed by atoms with E-state index in [0.717, 1.165) is 18.2 Å². The van der Waals surface area contributed by atoms with Gasteiger partial charge in [-0.05, 0) is 34.1 Å². The minimum atomic E-state index is -0.756. The van der Waals surface area contributed by atoms with E-state index in [1.807, 2.05) is 0 Å². The topological polar surface area (TPSA) is 85.1 Å². The molecule has 0 aliphatic carbocycles. The maximum absolute atomic E-state index is 13.5. The molecule has 0 atom stereocenters. The maximum atomic E-state index is 13.5. The van der Waals surface area contributed by atoms with E-state index in [9.17, 15) is 19.3 Å². The highest BCUT2D eigenvalue weighted by Gasteiger charge is 2.14. The number of rotatable bonds is 3. The van der Waals surface area contributed by atoms with Gasteiger partial charge in [-0.1, -0.05) is 0 Å². The highest BCUT2D eigenvalue weighted by atomic mass is 79.9. The zero-order chi connectivity index (χ0) is 14.7. The Morgan fingerprint density at radius 3 is 2.70 bits per heavy atom. The van der Waals surface area contributed by atoms with Gasteiger partial charge >= 0.3 is 0 Å². The first-order valence-electron chi connectivity index (χ1n) is 5.34. The summed E-state index contributed by atoms with van der Waals surface area (Å²) in [5.41, 5.74) is -0.359. The quantitative estimate of drug-likeness (QED) is 0.528. The smallest absolute Gasteiger partial charge is 0.271 e. The molecule has 2 rings (SSSR count). The lowest BCUT2D eigenvalue weighted by Gasteiger charge is -2.06. The van der Waals surface area contributed by atoms with Crippen LogP contribution in [0.3, 0.4) is 0 Å². The predicted molar refractivity (Wildman–Crippen MR) is 72.9 cm³/mol. The molecule has 1 N–H and O–H groups in total. The van der Waals surface area contributed by atoms with Crippen molar-refractivity contribution in [3.8, 4) is 0 Å². The van der Waals surface area contributed by atoms with Gasteiger partial charge in [-0.15, -0.1) is 0 Å². The summed E-state index contributed by atoms with van der Waals surface area (Å²) in [5, 5.41) is 12.9. The van der Waals surface area contributed by atoms with E-state index in [4.69, 9.17) is 0 Å². The average molecular weight is 340 g/mol. The predicted octanol–water partition coefficient (Wildman–Crippen LogP) is 3.14. The van der Waals surface area contributed by atoms with E-state index in [2.05, 4.69) is 26.2 Å². The molecular weight excluding hydrogens is 333 g/mol. The first kappa shape index (κ1) is 14.1. The number of amides is 1. The second-order valence-electron chi connectivity index (χ2n) is 3.74. The van der Waals surface area contributed by atoms with Gasteiger partial charge in [0, 0.05) is 18.3 Å². The second kappa shape index (κ2) is 5.74. The minimum Gasteiger partial charge on any atom is -0.319 e. The van der Waals surface area contributed by atoms with E-state index in [0.29, 0.717) is 4.60 Å². The Labute approximate surface area is 120 Å². The maximum Gasteiger partial charge on any atom is 0.271 e. The lowest BCUT2D eigenvalue weighted by Crippen LogP contribution is -2.13. The zero-order valence-corrected chi connectivity index (χ0v) is 11.4. The van der Waals surface area contributed by atoms with Crippen LogP contribution in [0.2, 0.25) is 0 Å². The third-order valence-electron chi connectivity index (χ3n) is 2.40. The normalized spacial score (nSPS) is 10.1. The van der Waals surface area contributed by atoms with Crippen LogP contribution in [0, 0.1) is 15.9 Å². The van der Waals surface area contributed by atoms with Crippen LogP contribution in [-0.2, 0) is 0 Å². The number of carbonyl (C=O) groups excluding carboxylic acids is 1. The van der Waals surface area contributed by atoms with Gasteiger partial charge in [0.2, 0.25) is 0 Å². The molecule has 102 valence electrons. The van der Waals surface area contributed by atoms with Crippen molar-refractivity contribution >= 4 is 33.2 Å². The first-order valence-corrected chi connectivity index (χ1v) is 6.13. The summed E-state index contributed by atoms with van der Waals surface area (Å²) in [6.45, 7) is 0. The van der Waals surface area contributed by atoms with Crippen LogP contribution in [0.4, 0.5) is 15.8 Å². The van der Waals surface area contributed by atoms with E-state index in [1.54, 1.807) is 6.07 Å². The standard InChI is InChI=1S/C12H7BrFN3O3/c13-11-4-1-7(6-15-11)12(18)16-10-5-8(17(19)20)2-3-9(10)14/h1-6H,(H,16,18). The summed E-state index contributed by atoms with van der Waals surface area (Å²) < 4.78 is 14.1. The fraction of sp³-hybridized carbons (Fsp3) is 0.